The number of carbonyl (C=O) groups excluding carboxylic acids is 1. The van der Waals surface area contributed by atoms with Crippen molar-refractivity contribution in [1.29, 1.82) is 0 Å². The van der Waals surface area contributed by atoms with Crippen LogP contribution in [0.3, 0.4) is 0 Å². The van der Waals surface area contributed by atoms with E-state index in [1.807, 2.05) is 17.5 Å². The van der Waals surface area contributed by atoms with Gasteiger partial charge in [0.15, 0.2) is 6.61 Å². The van der Waals surface area contributed by atoms with E-state index in [1.54, 1.807) is 6.07 Å². The molecule has 3 aromatic rings. The van der Waals surface area contributed by atoms with Crippen LogP contribution in [0.1, 0.15) is 16.2 Å². The van der Waals surface area contributed by atoms with Gasteiger partial charge in [-0.3, -0.25) is 0 Å². The van der Waals surface area contributed by atoms with Gasteiger partial charge >= 0.3 is 5.97 Å². The quantitative estimate of drug-likeness (QED) is 0.718. The summed E-state index contributed by atoms with van der Waals surface area (Å²) in [6.07, 6.45) is 0. The molecule has 23 heavy (non-hydrogen) atoms. The molecule has 2 aromatic heterocycles. The molecular weight excluding hydrogens is 320 g/mol. The maximum Gasteiger partial charge on any atom is 0.342 e. The largest absolute Gasteiger partial charge is 0.507 e. The Balaban J connectivity index is 1.65. The summed E-state index contributed by atoms with van der Waals surface area (Å²) in [7, 11) is 1.47. The Labute approximate surface area is 135 Å². The molecule has 1 aromatic carbocycles. The van der Waals surface area contributed by atoms with Crippen molar-refractivity contribution in [3.8, 4) is 22.2 Å². The number of benzene rings is 1. The second-order valence-corrected chi connectivity index (χ2v) is 5.40. The monoisotopic (exact) mass is 332 g/mol. The molecule has 0 aliphatic heterocycles. The first-order valence-corrected chi connectivity index (χ1v) is 7.46. The Morgan fingerprint density at radius 3 is 2.96 bits per heavy atom. The average Bonchev–Trinajstić information content (AvgIpc) is 3.23. The summed E-state index contributed by atoms with van der Waals surface area (Å²) in [6.45, 7) is -0.178. The van der Waals surface area contributed by atoms with E-state index in [4.69, 9.17) is 14.0 Å². The van der Waals surface area contributed by atoms with Crippen molar-refractivity contribution >= 4 is 17.3 Å². The molecule has 1 N–H and O–H groups in total. The fourth-order valence-electron chi connectivity index (χ4n) is 1.84. The van der Waals surface area contributed by atoms with E-state index in [1.165, 1.54) is 30.6 Å². The maximum absolute atomic E-state index is 12.0. The number of hydrogen-bond donors (Lipinski definition) is 1. The van der Waals surface area contributed by atoms with Crippen LogP contribution in [0, 0.1) is 0 Å². The van der Waals surface area contributed by atoms with Crippen LogP contribution in [0.2, 0.25) is 0 Å². The lowest BCUT2D eigenvalue weighted by molar-refractivity contribution is 0.0426. The van der Waals surface area contributed by atoms with Gasteiger partial charge in [-0.15, -0.1) is 11.3 Å². The number of hydrogen-bond acceptors (Lipinski definition) is 8. The highest BCUT2D eigenvalue weighted by Crippen LogP contribution is 2.25. The zero-order valence-corrected chi connectivity index (χ0v) is 12.9. The van der Waals surface area contributed by atoms with Crippen LogP contribution in [0.5, 0.6) is 11.5 Å². The van der Waals surface area contributed by atoms with Gasteiger partial charge in [0.2, 0.25) is 5.82 Å². The molecule has 0 fully saturated rings. The topological polar surface area (TPSA) is 94.7 Å². The van der Waals surface area contributed by atoms with E-state index < -0.39 is 5.97 Å². The Morgan fingerprint density at radius 2 is 2.26 bits per heavy atom. The summed E-state index contributed by atoms with van der Waals surface area (Å²) in [5.41, 5.74) is 0.0313. The van der Waals surface area contributed by atoms with E-state index >= 15 is 0 Å². The van der Waals surface area contributed by atoms with Crippen LogP contribution < -0.4 is 4.74 Å². The summed E-state index contributed by atoms with van der Waals surface area (Å²) in [4.78, 5) is 17.0. The fourth-order valence-corrected chi connectivity index (χ4v) is 2.48. The highest BCUT2D eigenvalue weighted by molar-refractivity contribution is 7.13. The molecule has 0 atom stereocenters. The van der Waals surface area contributed by atoms with E-state index in [-0.39, 0.29) is 23.8 Å². The minimum Gasteiger partial charge on any atom is -0.507 e. The Morgan fingerprint density at radius 1 is 1.39 bits per heavy atom. The van der Waals surface area contributed by atoms with Gasteiger partial charge in [0, 0.05) is 6.07 Å². The number of esters is 1. The maximum atomic E-state index is 12.0. The van der Waals surface area contributed by atoms with Crippen molar-refractivity contribution in [2.45, 2.75) is 6.61 Å². The van der Waals surface area contributed by atoms with Crippen molar-refractivity contribution in [2.75, 3.05) is 7.11 Å². The lowest BCUT2D eigenvalue weighted by atomic mass is 10.2. The van der Waals surface area contributed by atoms with Gasteiger partial charge in [-0.2, -0.15) is 4.98 Å². The lowest BCUT2D eigenvalue weighted by Crippen LogP contribution is -2.06. The number of phenols is 1. The Bertz CT molecular complexity index is 813. The third kappa shape index (κ3) is 3.32. The highest BCUT2D eigenvalue weighted by Gasteiger charge is 2.16. The van der Waals surface area contributed by atoms with Gasteiger partial charge < -0.3 is 19.1 Å². The first-order valence-electron chi connectivity index (χ1n) is 6.58. The standard InChI is InChI=1S/C15H12N2O5S/c1-20-9-4-5-10(11(18)7-9)15(19)21-8-13-16-14(17-22-13)12-3-2-6-23-12/h2-7,18H,8H2,1H3. The molecule has 0 unspecified atom stereocenters. The first-order chi connectivity index (χ1) is 11.2. The molecule has 3 rings (SSSR count). The number of carbonyl (C=O) groups is 1. The van der Waals surface area contributed by atoms with Gasteiger partial charge in [0.05, 0.1) is 12.0 Å². The molecule has 0 amide bonds. The third-order valence-corrected chi connectivity index (χ3v) is 3.83. The number of methoxy groups -OCH3 is 1. The molecule has 8 heteroatoms. The molecule has 0 saturated heterocycles. The van der Waals surface area contributed by atoms with Crippen molar-refractivity contribution in [2.24, 2.45) is 0 Å². The zero-order chi connectivity index (χ0) is 16.2. The van der Waals surface area contributed by atoms with Crippen molar-refractivity contribution in [3.05, 3.63) is 47.2 Å². The van der Waals surface area contributed by atoms with Gasteiger partial charge in [0.1, 0.15) is 17.1 Å². The molecule has 7 nitrogen and oxygen atoms in total. The van der Waals surface area contributed by atoms with E-state index in [2.05, 4.69) is 10.1 Å². The number of rotatable bonds is 5. The predicted octanol–water partition coefficient (Wildman–Crippen LogP) is 2.87. The minimum atomic E-state index is -0.693. The molecule has 2 heterocycles. The summed E-state index contributed by atoms with van der Waals surface area (Å²) in [5.74, 6) is 0.143. The Hall–Kier alpha value is -2.87. The molecular formula is C15H12N2O5S. The van der Waals surface area contributed by atoms with Gasteiger partial charge in [-0.1, -0.05) is 11.2 Å². The fraction of sp³-hybridized carbons (Fsp3) is 0.133. The van der Waals surface area contributed by atoms with Crippen LogP contribution in [0.15, 0.2) is 40.2 Å². The van der Waals surface area contributed by atoms with Crippen LogP contribution in [-0.2, 0) is 11.3 Å². The SMILES string of the molecule is COc1ccc(C(=O)OCc2nc(-c3cccs3)no2)c(O)c1. The van der Waals surface area contributed by atoms with Crippen LogP contribution >= 0.6 is 11.3 Å². The molecule has 0 spiro atoms. The Kier molecular flexibility index (Phi) is 4.24. The molecule has 0 aliphatic rings. The summed E-state index contributed by atoms with van der Waals surface area (Å²) < 4.78 is 15.0. The number of phenolic OH excluding ortho intramolecular Hbond substituents is 1. The number of nitrogens with zero attached hydrogens (tertiary/aromatic N) is 2. The van der Waals surface area contributed by atoms with E-state index in [9.17, 15) is 9.90 Å². The van der Waals surface area contributed by atoms with Crippen LogP contribution in [0.25, 0.3) is 10.7 Å². The van der Waals surface area contributed by atoms with Crippen LogP contribution in [-0.4, -0.2) is 28.3 Å². The smallest absolute Gasteiger partial charge is 0.342 e. The molecule has 118 valence electrons. The molecule has 0 radical (unpaired) electrons. The highest BCUT2D eigenvalue weighted by atomic mass is 32.1. The average molecular weight is 332 g/mol. The summed E-state index contributed by atoms with van der Waals surface area (Å²) in [5, 5.41) is 15.5. The second-order valence-electron chi connectivity index (χ2n) is 4.45. The molecule has 0 bridgehead atoms. The normalized spacial score (nSPS) is 10.5. The van der Waals surface area contributed by atoms with Gasteiger partial charge in [-0.25, -0.2) is 4.79 Å². The molecule has 0 aliphatic carbocycles. The minimum absolute atomic E-state index is 0.0313. The van der Waals surface area contributed by atoms with Crippen molar-refractivity contribution in [3.63, 3.8) is 0 Å². The van der Waals surface area contributed by atoms with Crippen molar-refractivity contribution < 1.29 is 23.9 Å². The lowest BCUT2D eigenvalue weighted by Gasteiger charge is -2.06. The van der Waals surface area contributed by atoms with E-state index in [0.29, 0.717) is 11.6 Å². The number of aromatic nitrogens is 2. The first kappa shape index (κ1) is 15.0. The van der Waals surface area contributed by atoms with Gasteiger partial charge in [0.25, 0.3) is 5.89 Å². The summed E-state index contributed by atoms with van der Waals surface area (Å²) in [6, 6.07) is 8.04. The van der Waals surface area contributed by atoms with E-state index in [0.717, 1.165) is 4.88 Å². The molecule has 0 saturated carbocycles. The van der Waals surface area contributed by atoms with Crippen LogP contribution in [0.4, 0.5) is 0 Å². The van der Waals surface area contributed by atoms with Gasteiger partial charge in [-0.05, 0) is 23.6 Å². The zero-order valence-electron chi connectivity index (χ0n) is 12.1. The number of ether oxygens (including phenoxy) is 2. The third-order valence-electron chi connectivity index (χ3n) is 2.96. The van der Waals surface area contributed by atoms with Crippen molar-refractivity contribution in [1.82, 2.24) is 10.1 Å². The predicted molar refractivity (Wildman–Crippen MR) is 81.4 cm³/mol. The number of aromatic hydroxyl groups is 1. The number of thiophene rings is 1. The second kappa shape index (κ2) is 6.49. The summed E-state index contributed by atoms with van der Waals surface area (Å²) >= 11 is 1.48.